The van der Waals surface area contributed by atoms with Crippen molar-refractivity contribution in [3.63, 3.8) is 0 Å². The van der Waals surface area contributed by atoms with Crippen LogP contribution in [0.15, 0.2) is 84.9 Å². The summed E-state index contributed by atoms with van der Waals surface area (Å²) in [5, 5.41) is 2.93. The minimum atomic E-state index is 0.000596. The van der Waals surface area contributed by atoms with Gasteiger partial charge in [-0.15, -0.1) is 0 Å². The minimum absolute atomic E-state index is 0.000596. The van der Waals surface area contributed by atoms with Crippen LogP contribution in [-0.2, 0) is 30.5 Å². The number of fused-ring (bicyclic) bond motifs is 1. The van der Waals surface area contributed by atoms with Gasteiger partial charge in [-0.05, 0) is 108 Å². The van der Waals surface area contributed by atoms with Crippen LogP contribution in [0.1, 0.15) is 34.2 Å². The quantitative estimate of drug-likeness (QED) is 0.170. The molecule has 0 atom stereocenters. The van der Waals surface area contributed by atoms with Crippen LogP contribution >= 0.6 is 0 Å². The van der Waals surface area contributed by atoms with Crippen LogP contribution in [0.4, 0.5) is 0 Å². The lowest BCUT2D eigenvalue weighted by Crippen LogP contribution is -2.27. The Balaban J connectivity index is 0.000000213. The third-order valence-electron chi connectivity index (χ3n) is 8.02. The van der Waals surface area contributed by atoms with Crippen LogP contribution in [0, 0.1) is 0 Å². The minimum Gasteiger partial charge on any atom is -0.497 e. The number of methoxy groups -OCH3 is 6. The summed E-state index contributed by atoms with van der Waals surface area (Å²) >= 11 is 0. The molecule has 0 saturated heterocycles. The molecule has 4 aromatic carbocycles. The maximum absolute atomic E-state index is 12.0. The second-order valence-electron chi connectivity index (χ2n) is 11.0. The second kappa shape index (κ2) is 17.5. The van der Waals surface area contributed by atoms with Gasteiger partial charge < -0.3 is 33.7 Å². The van der Waals surface area contributed by atoms with Crippen molar-refractivity contribution in [2.75, 3.05) is 49.2 Å². The van der Waals surface area contributed by atoms with Crippen molar-refractivity contribution < 1.29 is 33.2 Å². The van der Waals surface area contributed by atoms with E-state index < -0.39 is 0 Å². The molecule has 0 aliphatic heterocycles. The molecule has 0 spiro atoms. The first-order valence-corrected chi connectivity index (χ1v) is 15.6. The van der Waals surface area contributed by atoms with E-state index >= 15 is 0 Å². The topological polar surface area (TPSA) is 84.5 Å². The molecule has 0 radical (unpaired) electrons. The Morgan fingerprint density at radius 1 is 0.617 bits per heavy atom. The van der Waals surface area contributed by atoms with Gasteiger partial charge in [0.2, 0.25) is 5.91 Å². The summed E-state index contributed by atoms with van der Waals surface area (Å²) in [5.74, 6) is 4.65. The molecule has 47 heavy (non-hydrogen) atoms. The van der Waals surface area contributed by atoms with Crippen molar-refractivity contribution in [1.82, 2.24) is 5.32 Å². The Kier molecular flexibility index (Phi) is 13.0. The van der Waals surface area contributed by atoms with Gasteiger partial charge in [-0.25, -0.2) is 0 Å². The number of hydrogen-bond donors (Lipinski definition) is 1. The van der Waals surface area contributed by atoms with Crippen LogP contribution in [0.3, 0.4) is 0 Å². The summed E-state index contributed by atoms with van der Waals surface area (Å²) in [6.45, 7) is 0.574. The molecule has 8 nitrogen and oxygen atoms in total. The first-order chi connectivity index (χ1) is 22.9. The Bertz CT molecular complexity index is 1630. The van der Waals surface area contributed by atoms with Gasteiger partial charge >= 0.3 is 0 Å². The fourth-order valence-electron chi connectivity index (χ4n) is 5.44. The smallest absolute Gasteiger partial charge is 0.224 e. The van der Waals surface area contributed by atoms with E-state index in [1.807, 2.05) is 54.6 Å². The monoisotopic (exact) mass is 639 g/mol. The summed E-state index contributed by atoms with van der Waals surface area (Å²) in [5.41, 5.74) is 7.26. The van der Waals surface area contributed by atoms with Gasteiger partial charge in [-0.1, -0.05) is 36.4 Å². The predicted molar refractivity (Wildman–Crippen MR) is 185 cm³/mol. The number of carbonyl (C=O) groups is 1. The summed E-state index contributed by atoms with van der Waals surface area (Å²) in [4.78, 5) is 12.0. The maximum Gasteiger partial charge on any atom is 0.224 e. The zero-order valence-electron chi connectivity index (χ0n) is 28.2. The molecule has 0 heterocycles. The van der Waals surface area contributed by atoms with E-state index in [-0.39, 0.29) is 5.91 Å². The van der Waals surface area contributed by atoms with E-state index in [0.29, 0.717) is 24.5 Å². The van der Waals surface area contributed by atoms with Gasteiger partial charge in [0, 0.05) is 6.54 Å². The number of ether oxygens (including phenoxy) is 6. The van der Waals surface area contributed by atoms with E-state index in [9.17, 15) is 4.79 Å². The average Bonchev–Trinajstić information content (AvgIpc) is 3.12. The standard InChI is InChI=1S/C20H22O3.C19H23NO4/c1-21-17-9-7-14(8-10-17)11-15-5-4-6-16-12-19(22-2)20(23-3)13-18(15)16;1-22-16-7-4-14(5-8-16)13-19(21)20-11-10-15-6-9-17(23-2)18(12-15)24-3/h5,7-10,12-13H,4,6,11H2,1-3H3;4-9,12H,10-11,13H2,1-3H3,(H,20,21). The maximum atomic E-state index is 12.0. The molecule has 0 fully saturated rings. The van der Waals surface area contributed by atoms with E-state index in [1.165, 1.54) is 22.3 Å². The Hall–Kier alpha value is -5.11. The third kappa shape index (κ3) is 9.69. The molecule has 1 aliphatic rings. The molecule has 0 aromatic heterocycles. The van der Waals surface area contributed by atoms with Gasteiger partial charge in [0.05, 0.1) is 49.1 Å². The number of carbonyl (C=O) groups excluding carboxylic acids is 1. The van der Waals surface area contributed by atoms with Crippen molar-refractivity contribution in [2.45, 2.75) is 32.1 Å². The number of hydrogen-bond acceptors (Lipinski definition) is 7. The third-order valence-corrected chi connectivity index (χ3v) is 8.02. The number of rotatable bonds is 13. The molecular weight excluding hydrogens is 594 g/mol. The summed E-state index contributed by atoms with van der Waals surface area (Å²) in [7, 11) is 9.89. The average molecular weight is 640 g/mol. The predicted octanol–water partition coefficient (Wildman–Crippen LogP) is 6.90. The van der Waals surface area contributed by atoms with E-state index in [4.69, 9.17) is 28.4 Å². The van der Waals surface area contributed by atoms with Gasteiger partial charge in [0.15, 0.2) is 23.0 Å². The highest BCUT2D eigenvalue weighted by molar-refractivity contribution is 5.78. The van der Waals surface area contributed by atoms with Crippen molar-refractivity contribution >= 4 is 11.5 Å². The number of benzene rings is 4. The van der Waals surface area contributed by atoms with Crippen LogP contribution in [0.5, 0.6) is 34.5 Å². The molecule has 0 unspecified atom stereocenters. The summed E-state index contributed by atoms with van der Waals surface area (Å²) < 4.78 is 31.7. The SMILES string of the molecule is COc1ccc(CC(=O)NCCc2ccc(OC)c(OC)c2)cc1.COc1ccc(CC2=CCCc3cc(OC)c(OC)cc32)cc1. The van der Waals surface area contributed by atoms with Gasteiger partial charge in [-0.3, -0.25) is 4.79 Å². The fraction of sp³-hybridized carbons (Fsp3) is 0.308. The van der Waals surface area contributed by atoms with Gasteiger partial charge in [-0.2, -0.15) is 0 Å². The number of amides is 1. The van der Waals surface area contributed by atoms with Crippen LogP contribution in [0.2, 0.25) is 0 Å². The zero-order valence-corrected chi connectivity index (χ0v) is 28.2. The lowest BCUT2D eigenvalue weighted by Gasteiger charge is -2.20. The summed E-state index contributed by atoms with van der Waals surface area (Å²) in [6, 6.07) is 25.7. The van der Waals surface area contributed by atoms with E-state index in [2.05, 4.69) is 35.7 Å². The van der Waals surface area contributed by atoms with E-state index in [0.717, 1.165) is 59.8 Å². The lowest BCUT2D eigenvalue weighted by atomic mass is 9.87. The highest BCUT2D eigenvalue weighted by Gasteiger charge is 2.17. The number of aryl methyl sites for hydroxylation is 1. The van der Waals surface area contributed by atoms with Crippen molar-refractivity contribution in [1.29, 1.82) is 0 Å². The van der Waals surface area contributed by atoms with E-state index in [1.54, 1.807) is 42.7 Å². The number of nitrogens with one attached hydrogen (secondary N) is 1. The molecule has 0 saturated carbocycles. The Morgan fingerprint density at radius 2 is 1.17 bits per heavy atom. The van der Waals surface area contributed by atoms with Crippen molar-refractivity contribution in [3.05, 3.63) is 113 Å². The zero-order chi connectivity index (χ0) is 33.6. The molecule has 4 aromatic rings. The van der Waals surface area contributed by atoms with Crippen LogP contribution < -0.4 is 33.7 Å². The molecule has 1 N–H and O–H groups in total. The normalized spacial score (nSPS) is 11.6. The van der Waals surface area contributed by atoms with Crippen LogP contribution in [0.25, 0.3) is 5.57 Å². The highest BCUT2D eigenvalue weighted by Crippen LogP contribution is 2.38. The lowest BCUT2D eigenvalue weighted by molar-refractivity contribution is -0.120. The molecule has 248 valence electrons. The summed E-state index contributed by atoms with van der Waals surface area (Å²) in [6.07, 6.45) is 6.44. The van der Waals surface area contributed by atoms with Crippen LogP contribution in [-0.4, -0.2) is 55.1 Å². The Labute approximate surface area is 278 Å². The Morgan fingerprint density at radius 3 is 1.77 bits per heavy atom. The fourth-order valence-corrected chi connectivity index (χ4v) is 5.44. The van der Waals surface area contributed by atoms with Crippen molar-refractivity contribution in [2.24, 2.45) is 0 Å². The molecule has 1 aliphatic carbocycles. The highest BCUT2D eigenvalue weighted by atomic mass is 16.5. The first kappa shape index (κ1) is 34.8. The van der Waals surface area contributed by atoms with Crippen molar-refractivity contribution in [3.8, 4) is 34.5 Å². The molecule has 1 amide bonds. The molecule has 8 heteroatoms. The molecular formula is C39H45NO7. The molecule has 5 rings (SSSR count). The van der Waals surface area contributed by atoms with Gasteiger partial charge in [0.25, 0.3) is 0 Å². The molecule has 0 bridgehead atoms. The first-order valence-electron chi connectivity index (χ1n) is 15.6. The van der Waals surface area contributed by atoms with Gasteiger partial charge in [0.1, 0.15) is 11.5 Å². The number of allylic oxidation sites excluding steroid dienone is 2. The second-order valence-corrected chi connectivity index (χ2v) is 11.0. The largest absolute Gasteiger partial charge is 0.497 e.